The Morgan fingerprint density at radius 3 is 1.53 bits per heavy atom. The molecule has 0 radical (unpaired) electrons. The molecule has 86 valence electrons. The molecule has 0 atom stereocenters. The molecule has 2 aromatic rings. The van der Waals surface area contributed by atoms with Crippen LogP contribution >= 0.6 is 0 Å². The second-order valence-corrected chi connectivity index (χ2v) is 3.95. The summed E-state index contributed by atoms with van der Waals surface area (Å²) in [5, 5.41) is 0. The van der Waals surface area contributed by atoms with Crippen LogP contribution in [0.25, 0.3) is 0 Å². The molecule has 0 aromatic heterocycles. The Kier molecular flexibility index (Phi) is 3.05. The minimum absolute atomic E-state index is 0.374. The van der Waals surface area contributed by atoms with Gasteiger partial charge in [-0.05, 0) is 6.92 Å². The van der Waals surface area contributed by atoms with Gasteiger partial charge < -0.3 is 0 Å². The fourth-order valence-corrected chi connectivity index (χ4v) is 1.91. The van der Waals surface area contributed by atoms with Crippen LogP contribution in [-0.4, -0.2) is 5.78 Å². The zero-order valence-corrected chi connectivity index (χ0v) is 9.56. The summed E-state index contributed by atoms with van der Waals surface area (Å²) in [6.45, 7) is 1.28. The van der Waals surface area contributed by atoms with E-state index in [1.54, 1.807) is 60.7 Å². The van der Waals surface area contributed by atoms with Crippen molar-refractivity contribution in [2.24, 2.45) is 0 Å². The van der Waals surface area contributed by atoms with Gasteiger partial charge in [0.15, 0.2) is 5.78 Å². The molecule has 2 rings (SSSR count). The first kappa shape index (κ1) is 11.5. The minimum atomic E-state index is -2.05. The van der Waals surface area contributed by atoms with Crippen LogP contribution in [0.2, 0.25) is 0 Å². The van der Waals surface area contributed by atoms with Crippen LogP contribution < -0.4 is 0 Å². The van der Waals surface area contributed by atoms with Crippen molar-refractivity contribution in [1.29, 1.82) is 0 Å². The average molecular weight is 228 g/mol. The molecule has 0 fully saturated rings. The fraction of sp³-hybridized carbons (Fsp3) is 0.133. The number of ketones is 1. The van der Waals surface area contributed by atoms with E-state index in [-0.39, 0.29) is 0 Å². The van der Waals surface area contributed by atoms with Crippen LogP contribution in [0.5, 0.6) is 0 Å². The monoisotopic (exact) mass is 228 g/mol. The average Bonchev–Trinajstić information content (AvgIpc) is 2.39. The zero-order valence-electron chi connectivity index (χ0n) is 9.56. The summed E-state index contributed by atoms with van der Waals surface area (Å²) in [6, 6.07) is 17.1. The first-order valence-electron chi connectivity index (χ1n) is 5.46. The van der Waals surface area contributed by atoms with Crippen LogP contribution in [0.1, 0.15) is 18.1 Å². The summed E-state index contributed by atoms with van der Waals surface area (Å²) < 4.78 is 15.0. The third-order valence-electron chi connectivity index (χ3n) is 2.83. The zero-order chi connectivity index (χ0) is 12.3. The Morgan fingerprint density at radius 2 is 1.24 bits per heavy atom. The van der Waals surface area contributed by atoms with Gasteiger partial charge in [0.05, 0.1) is 0 Å². The highest BCUT2D eigenvalue weighted by atomic mass is 19.1. The van der Waals surface area contributed by atoms with Crippen LogP contribution in [0.4, 0.5) is 4.39 Å². The molecule has 0 bridgehead atoms. The van der Waals surface area contributed by atoms with E-state index in [0.717, 1.165) is 0 Å². The van der Waals surface area contributed by atoms with Crippen molar-refractivity contribution in [3.05, 3.63) is 71.8 Å². The third-order valence-corrected chi connectivity index (χ3v) is 2.83. The van der Waals surface area contributed by atoms with Crippen molar-refractivity contribution in [3.63, 3.8) is 0 Å². The number of halogens is 1. The summed E-state index contributed by atoms with van der Waals surface area (Å²) in [4.78, 5) is 11.7. The first-order valence-corrected chi connectivity index (χ1v) is 5.46. The quantitative estimate of drug-likeness (QED) is 0.786. The molecule has 0 unspecified atom stereocenters. The molecule has 1 nitrogen and oxygen atoms in total. The van der Waals surface area contributed by atoms with Crippen molar-refractivity contribution in [2.75, 3.05) is 0 Å². The third kappa shape index (κ3) is 1.98. The molecule has 0 spiro atoms. The van der Waals surface area contributed by atoms with E-state index in [9.17, 15) is 4.79 Å². The van der Waals surface area contributed by atoms with E-state index in [1.807, 2.05) is 0 Å². The second-order valence-electron chi connectivity index (χ2n) is 3.95. The summed E-state index contributed by atoms with van der Waals surface area (Å²) >= 11 is 0. The molecule has 17 heavy (non-hydrogen) atoms. The van der Waals surface area contributed by atoms with Crippen LogP contribution in [0.3, 0.4) is 0 Å². The molecule has 0 aliphatic heterocycles. The molecule has 0 saturated carbocycles. The normalized spacial score (nSPS) is 11.2. The molecule has 0 heterocycles. The Labute approximate surface area is 99.9 Å². The SMILES string of the molecule is CC(=O)C(F)(c1ccccc1)c1ccccc1. The second kappa shape index (κ2) is 4.50. The van der Waals surface area contributed by atoms with E-state index >= 15 is 4.39 Å². The highest BCUT2D eigenvalue weighted by molar-refractivity contribution is 5.90. The molecule has 2 aromatic carbocycles. The summed E-state index contributed by atoms with van der Waals surface area (Å²) in [6.07, 6.45) is 0. The lowest BCUT2D eigenvalue weighted by Crippen LogP contribution is -2.30. The van der Waals surface area contributed by atoms with E-state index in [2.05, 4.69) is 0 Å². The van der Waals surface area contributed by atoms with Gasteiger partial charge in [-0.3, -0.25) is 4.79 Å². The van der Waals surface area contributed by atoms with Gasteiger partial charge >= 0.3 is 0 Å². The van der Waals surface area contributed by atoms with Gasteiger partial charge in [0, 0.05) is 11.1 Å². The van der Waals surface area contributed by atoms with Crippen LogP contribution in [-0.2, 0) is 10.5 Å². The van der Waals surface area contributed by atoms with Crippen molar-refractivity contribution in [3.8, 4) is 0 Å². The number of hydrogen-bond donors (Lipinski definition) is 0. The molecule has 0 aliphatic carbocycles. The molecular formula is C15H13FO. The maximum absolute atomic E-state index is 15.0. The maximum atomic E-state index is 15.0. The Balaban J connectivity index is 2.59. The highest BCUT2D eigenvalue weighted by Crippen LogP contribution is 2.34. The Hall–Kier alpha value is -1.96. The smallest absolute Gasteiger partial charge is 0.218 e. The van der Waals surface area contributed by atoms with Crippen LogP contribution in [0.15, 0.2) is 60.7 Å². The van der Waals surface area contributed by atoms with Crippen molar-refractivity contribution >= 4 is 5.78 Å². The van der Waals surface area contributed by atoms with E-state index in [4.69, 9.17) is 0 Å². The number of carbonyl (C=O) groups excluding carboxylic acids is 1. The van der Waals surface area contributed by atoms with Gasteiger partial charge in [-0.25, -0.2) is 4.39 Å². The number of benzene rings is 2. The van der Waals surface area contributed by atoms with E-state index < -0.39 is 11.5 Å². The van der Waals surface area contributed by atoms with E-state index in [0.29, 0.717) is 11.1 Å². The lowest BCUT2D eigenvalue weighted by molar-refractivity contribution is -0.126. The number of rotatable bonds is 3. The van der Waals surface area contributed by atoms with E-state index in [1.165, 1.54) is 6.92 Å². The van der Waals surface area contributed by atoms with Gasteiger partial charge in [0.2, 0.25) is 5.67 Å². The van der Waals surface area contributed by atoms with Gasteiger partial charge in [-0.1, -0.05) is 60.7 Å². The lowest BCUT2D eigenvalue weighted by Gasteiger charge is -2.23. The molecule has 0 aliphatic rings. The molecular weight excluding hydrogens is 215 g/mol. The number of Topliss-reactive ketones (excluding diaryl/α,β-unsaturated/α-hetero) is 1. The Bertz CT molecular complexity index is 465. The standard InChI is InChI=1S/C15H13FO/c1-12(17)15(16,13-8-4-2-5-9-13)14-10-6-3-7-11-14/h2-11H,1H3. The molecule has 2 heteroatoms. The summed E-state index contributed by atoms with van der Waals surface area (Å²) in [5.74, 6) is -0.505. The van der Waals surface area contributed by atoms with Gasteiger partial charge in [-0.2, -0.15) is 0 Å². The first-order chi connectivity index (χ1) is 8.15. The fourth-order valence-electron chi connectivity index (χ4n) is 1.91. The minimum Gasteiger partial charge on any atom is -0.296 e. The van der Waals surface area contributed by atoms with Crippen LogP contribution in [0, 0.1) is 0 Å². The highest BCUT2D eigenvalue weighted by Gasteiger charge is 2.39. The number of hydrogen-bond acceptors (Lipinski definition) is 1. The summed E-state index contributed by atoms with van der Waals surface area (Å²) in [7, 11) is 0. The molecule has 0 amide bonds. The van der Waals surface area contributed by atoms with Crippen molar-refractivity contribution in [1.82, 2.24) is 0 Å². The predicted molar refractivity (Wildman–Crippen MR) is 65.5 cm³/mol. The lowest BCUT2D eigenvalue weighted by atomic mass is 9.85. The maximum Gasteiger partial charge on any atom is 0.218 e. The van der Waals surface area contributed by atoms with Gasteiger partial charge in [-0.15, -0.1) is 0 Å². The van der Waals surface area contributed by atoms with Gasteiger partial charge in [0.1, 0.15) is 0 Å². The number of carbonyl (C=O) groups is 1. The summed E-state index contributed by atoms with van der Waals surface area (Å²) in [5.41, 5.74) is -1.31. The van der Waals surface area contributed by atoms with Crippen molar-refractivity contribution in [2.45, 2.75) is 12.6 Å². The Morgan fingerprint density at radius 1 is 0.882 bits per heavy atom. The topological polar surface area (TPSA) is 17.1 Å². The molecule has 0 N–H and O–H groups in total. The van der Waals surface area contributed by atoms with Gasteiger partial charge in [0.25, 0.3) is 0 Å². The van der Waals surface area contributed by atoms with Crippen molar-refractivity contribution < 1.29 is 9.18 Å². The predicted octanol–water partition coefficient (Wildman–Crippen LogP) is 3.49. The largest absolute Gasteiger partial charge is 0.296 e. The molecule has 0 saturated heterocycles. The number of alkyl halides is 1.